The molecule has 0 fully saturated rings. The quantitative estimate of drug-likeness (QED) is 0.452. The van der Waals surface area contributed by atoms with Gasteiger partial charge in [-0.1, -0.05) is 0 Å². The largest absolute Gasteiger partial charge is 0.852 e. The van der Waals surface area contributed by atoms with E-state index in [-0.39, 0.29) is 6.61 Å². The molecule has 3 heteroatoms. The summed E-state index contributed by atoms with van der Waals surface area (Å²) in [6.45, 7) is 0.523. The van der Waals surface area contributed by atoms with E-state index in [0.29, 0.717) is 6.54 Å². The van der Waals surface area contributed by atoms with Crippen molar-refractivity contribution in [3.05, 3.63) is 18.7 Å². The Kier molecular flexibility index (Phi) is 1.85. The van der Waals surface area contributed by atoms with Gasteiger partial charge < -0.3 is 5.11 Å². The van der Waals surface area contributed by atoms with Gasteiger partial charge in [0.2, 0.25) is 6.33 Å². The number of aryl methyl sites for hydroxylation is 1. The van der Waals surface area contributed by atoms with Crippen molar-refractivity contribution in [1.82, 2.24) is 4.57 Å². The van der Waals surface area contributed by atoms with Gasteiger partial charge in [-0.2, -0.15) is 0 Å². The molecule has 0 saturated carbocycles. The van der Waals surface area contributed by atoms with Crippen molar-refractivity contribution in [3.8, 4) is 0 Å². The van der Waals surface area contributed by atoms with Gasteiger partial charge in [-0.25, -0.2) is 9.13 Å². The summed E-state index contributed by atoms with van der Waals surface area (Å²) in [6.07, 6.45) is 5.69. The fourth-order valence-electron chi connectivity index (χ4n) is 0.739. The number of nitrogens with zero attached hydrogens (tertiary/aromatic N) is 2. The smallest absolute Gasteiger partial charge is 0.243 e. The first-order valence-electron chi connectivity index (χ1n) is 2.92. The van der Waals surface area contributed by atoms with Gasteiger partial charge >= 0.3 is 0 Å². The fraction of sp³-hybridized carbons (Fsp3) is 0.500. The second-order valence-corrected chi connectivity index (χ2v) is 2.02. The van der Waals surface area contributed by atoms with E-state index in [9.17, 15) is 5.11 Å². The number of hydrogen-bond acceptors (Lipinski definition) is 1. The fourth-order valence-corrected chi connectivity index (χ4v) is 0.739. The van der Waals surface area contributed by atoms with Gasteiger partial charge in [0.05, 0.1) is 13.6 Å². The lowest BCUT2D eigenvalue weighted by atomic mass is 10.7. The van der Waals surface area contributed by atoms with E-state index in [4.69, 9.17) is 0 Å². The van der Waals surface area contributed by atoms with Crippen molar-refractivity contribution in [3.63, 3.8) is 0 Å². The summed E-state index contributed by atoms with van der Waals surface area (Å²) in [5.41, 5.74) is 0. The highest BCUT2D eigenvalue weighted by Gasteiger charge is 1.93. The zero-order chi connectivity index (χ0) is 6.69. The molecular formula is C6H10N2O. The minimum absolute atomic E-state index is 0.0469. The SMILES string of the molecule is C[n+]1ccn(CC[O-])c1. The molecule has 1 heterocycles. The van der Waals surface area contributed by atoms with Gasteiger partial charge in [-0.15, -0.1) is 6.61 Å². The second kappa shape index (κ2) is 2.64. The molecule has 0 bridgehead atoms. The van der Waals surface area contributed by atoms with Crippen LogP contribution < -0.4 is 9.67 Å². The average Bonchev–Trinajstić information content (AvgIpc) is 2.17. The summed E-state index contributed by atoms with van der Waals surface area (Å²) in [6, 6.07) is 0. The Labute approximate surface area is 54.2 Å². The molecule has 0 atom stereocenters. The third kappa shape index (κ3) is 1.54. The molecule has 0 aliphatic heterocycles. The zero-order valence-corrected chi connectivity index (χ0v) is 5.45. The number of aromatic nitrogens is 2. The van der Waals surface area contributed by atoms with E-state index in [1.807, 2.05) is 34.9 Å². The third-order valence-electron chi connectivity index (χ3n) is 1.17. The third-order valence-corrected chi connectivity index (χ3v) is 1.17. The molecule has 0 saturated heterocycles. The van der Waals surface area contributed by atoms with Crippen molar-refractivity contribution in [2.24, 2.45) is 7.05 Å². The highest BCUT2D eigenvalue weighted by Crippen LogP contribution is 1.79. The van der Waals surface area contributed by atoms with Crippen LogP contribution in [0.2, 0.25) is 0 Å². The maximum Gasteiger partial charge on any atom is 0.243 e. The molecule has 3 nitrogen and oxygen atoms in total. The average molecular weight is 126 g/mol. The maximum atomic E-state index is 10.1. The lowest BCUT2D eigenvalue weighted by Gasteiger charge is -1.96. The molecule has 0 amide bonds. The Morgan fingerprint density at radius 3 is 2.89 bits per heavy atom. The Bertz CT molecular complexity index is 183. The summed E-state index contributed by atoms with van der Waals surface area (Å²) in [5.74, 6) is 0. The molecule has 0 N–H and O–H groups in total. The van der Waals surface area contributed by atoms with Crippen LogP contribution >= 0.6 is 0 Å². The zero-order valence-electron chi connectivity index (χ0n) is 5.45. The standard InChI is InChI=1S/C6H10N2O/c1-7-2-3-8(6-7)4-5-9/h2-3,6H,4-5H2,1H3. The second-order valence-electron chi connectivity index (χ2n) is 2.02. The lowest BCUT2D eigenvalue weighted by Crippen LogP contribution is -2.24. The summed E-state index contributed by atoms with van der Waals surface area (Å²) in [7, 11) is 1.93. The van der Waals surface area contributed by atoms with Gasteiger partial charge in [0.25, 0.3) is 0 Å². The van der Waals surface area contributed by atoms with E-state index in [0.717, 1.165) is 0 Å². The maximum absolute atomic E-state index is 10.1. The van der Waals surface area contributed by atoms with E-state index in [1.54, 1.807) is 0 Å². The molecule has 0 aliphatic carbocycles. The van der Waals surface area contributed by atoms with E-state index >= 15 is 0 Å². The van der Waals surface area contributed by atoms with E-state index < -0.39 is 0 Å². The first-order valence-corrected chi connectivity index (χ1v) is 2.92. The summed E-state index contributed by atoms with van der Waals surface area (Å²) in [4.78, 5) is 0. The van der Waals surface area contributed by atoms with Crippen molar-refractivity contribution in [2.45, 2.75) is 6.54 Å². The minimum Gasteiger partial charge on any atom is -0.852 e. The van der Waals surface area contributed by atoms with Crippen molar-refractivity contribution < 1.29 is 9.67 Å². The Hall–Kier alpha value is -0.830. The summed E-state index contributed by atoms with van der Waals surface area (Å²) >= 11 is 0. The Morgan fingerprint density at radius 2 is 2.44 bits per heavy atom. The van der Waals surface area contributed by atoms with Crippen LogP contribution in [0.4, 0.5) is 0 Å². The van der Waals surface area contributed by atoms with Crippen LogP contribution in [0.25, 0.3) is 0 Å². The molecule has 0 unspecified atom stereocenters. The normalized spacial score (nSPS) is 10.0. The van der Waals surface area contributed by atoms with Crippen LogP contribution in [-0.2, 0) is 13.6 Å². The van der Waals surface area contributed by atoms with Crippen molar-refractivity contribution in [1.29, 1.82) is 0 Å². The lowest BCUT2D eigenvalue weighted by molar-refractivity contribution is -0.671. The summed E-state index contributed by atoms with van der Waals surface area (Å²) < 4.78 is 3.78. The van der Waals surface area contributed by atoms with Crippen molar-refractivity contribution >= 4 is 0 Å². The molecule has 1 rings (SSSR count). The molecule has 0 radical (unpaired) electrons. The monoisotopic (exact) mass is 126 g/mol. The Morgan fingerprint density at radius 1 is 1.67 bits per heavy atom. The van der Waals surface area contributed by atoms with Crippen LogP contribution in [0.1, 0.15) is 0 Å². The molecule has 0 spiro atoms. The minimum atomic E-state index is -0.0469. The number of rotatable bonds is 2. The first-order chi connectivity index (χ1) is 4.33. The molecule has 0 aromatic carbocycles. The highest BCUT2D eigenvalue weighted by molar-refractivity contribution is 4.64. The predicted octanol–water partition coefficient (Wildman–Crippen LogP) is -1.33. The molecular weight excluding hydrogens is 116 g/mol. The van der Waals surface area contributed by atoms with Crippen LogP contribution in [0.5, 0.6) is 0 Å². The van der Waals surface area contributed by atoms with Gasteiger partial charge in [0, 0.05) is 0 Å². The number of hydrogen-bond donors (Lipinski definition) is 0. The van der Waals surface area contributed by atoms with Gasteiger partial charge in [-0.05, 0) is 0 Å². The van der Waals surface area contributed by atoms with Gasteiger partial charge in [-0.3, -0.25) is 0 Å². The van der Waals surface area contributed by atoms with Crippen LogP contribution in [0.15, 0.2) is 18.7 Å². The molecule has 0 aliphatic rings. The van der Waals surface area contributed by atoms with Crippen molar-refractivity contribution in [2.75, 3.05) is 6.61 Å². The first kappa shape index (κ1) is 6.29. The van der Waals surface area contributed by atoms with E-state index in [1.165, 1.54) is 0 Å². The van der Waals surface area contributed by atoms with Crippen LogP contribution in [0.3, 0.4) is 0 Å². The highest BCUT2D eigenvalue weighted by atomic mass is 16.3. The molecule has 1 aromatic rings. The summed E-state index contributed by atoms with van der Waals surface area (Å²) in [5, 5.41) is 10.1. The molecule has 50 valence electrons. The van der Waals surface area contributed by atoms with E-state index in [2.05, 4.69) is 0 Å². The number of imidazole rings is 1. The van der Waals surface area contributed by atoms with Gasteiger partial charge in [0.1, 0.15) is 12.4 Å². The van der Waals surface area contributed by atoms with Crippen LogP contribution in [-0.4, -0.2) is 11.2 Å². The molecule has 9 heavy (non-hydrogen) atoms. The van der Waals surface area contributed by atoms with Crippen LogP contribution in [0, 0.1) is 0 Å². The Balaban J connectivity index is 2.61. The topological polar surface area (TPSA) is 31.9 Å². The van der Waals surface area contributed by atoms with Gasteiger partial charge in [0.15, 0.2) is 0 Å². The predicted molar refractivity (Wildman–Crippen MR) is 30.5 cm³/mol. The molecule has 1 aromatic heterocycles.